The van der Waals surface area contributed by atoms with E-state index in [1.54, 1.807) is 27.7 Å². The van der Waals surface area contributed by atoms with E-state index in [4.69, 9.17) is 4.65 Å². The van der Waals surface area contributed by atoms with Gasteiger partial charge in [-0.1, -0.05) is 26.2 Å². The smallest absolute Gasteiger partial charge is 0.423 e. The molecule has 0 aliphatic heterocycles. The van der Waals surface area contributed by atoms with Crippen molar-refractivity contribution in [3.63, 3.8) is 0 Å². The van der Waals surface area contributed by atoms with Crippen LogP contribution in [0.1, 0.15) is 65.9 Å². The number of hydrogen-bond acceptors (Lipinski definition) is 4. The van der Waals surface area contributed by atoms with E-state index < -0.39 is 18.3 Å². The maximum absolute atomic E-state index is 10.4. The minimum absolute atomic E-state index is 0.824. The molecule has 0 aromatic carbocycles. The van der Waals surface area contributed by atoms with Gasteiger partial charge in [0.2, 0.25) is 0 Å². The van der Waals surface area contributed by atoms with Gasteiger partial charge in [0, 0.05) is 4.78 Å². The van der Waals surface area contributed by atoms with Gasteiger partial charge in [0.1, 0.15) is 0 Å². The maximum Gasteiger partial charge on any atom is 0.502 e. The molecule has 0 amide bonds. The van der Waals surface area contributed by atoms with Crippen LogP contribution in [0.4, 0.5) is 0 Å². The Morgan fingerprint density at radius 3 is 2.43 bits per heavy atom. The molecule has 0 saturated carbocycles. The van der Waals surface area contributed by atoms with E-state index in [1.807, 2.05) is 5.38 Å². The Labute approximate surface area is 133 Å². The summed E-state index contributed by atoms with van der Waals surface area (Å²) in [6, 6.07) is 2.07. The highest BCUT2D eigenvalue weighted by molar-refractivity contribution is 7.20. The molecule has 0 unspecified atom stereocenters. The van der Waals surface area contributed by atoms with E-state index in [1.165, 1.54) is 30.6 Å². The summed E-state index contributed by atoms with van der Waals surface area (Å²) >= 11 is 1.52. The Balaban J connectivity index is 2.67. The molecule has 1 rings (SSSR count). The molecule has 1 heterocycles. The van der Waals surface area contributed by atoms with Gasteiger partial charge < -0.3 is 14.8 Å². The Hall–Kier alpha value is -0.355. The zero-order valence-electron chi connectivity index (χ0n) is 14.0. The minimum atomic E-state index is -1.02. The molecule has 0 atom stereocenters. The Bertz CT molecular complexity index is 423. The minimum Gasteiger partial charge on any atom is -0.423 e. The van der Waals surface area contributed by atoms with Crippen molar-refractivity contribution in [2.45, 2.75) is 77.9 Å². The van der Waals surface area contributed by atoms with Gasteiger partial charge in [-0.05, 0) is 57.5 Å². The topological polar surface area (TPSA) is 49.7 Å². The molecule has 5 heteroatoms. The van der Waals surface area contributed by atoms with Crippen LogP contribution in [-0.2, 0) is 11.1 Å². The zero-order chi connectivity index (χ0) is 16.1. The monoisotopic (exact) mass is 312 g/mol. The highest BCUT2D eigenvalue weighted by Gasteiger charge is 2.40. The van der Waals surface area contributed by atoms with Crippen molar-refractivity contribution in [2.75, 3.05) is 0 Å². The van der Waals surface area contributed by atoms with Gasteiger partial charge in [0.05, 0.1) is 11.2 Å². The molecule has 21 heavy (non-hydrogen) atoms. The van der Waals surface area contributed by atoms with Crippen LogP contribution in [-0.4, -0.2) is 28.5 Å². The van der Waals surface area contributed by atoms with Crippen molar-refractivity contribution in [3.8, 4) is 0 Å². The SMILES string of the molecule is CCCCCCc1ccsc1B(O)OC(C)(C)C(C)(C)O. The van der Waals surface area contributed by atoms with Gasteiger partial charge in [0.25, 0.3) is 0 Å². The fourth-order valence-corrected chi connectivity index (χ4v) is 2.85. The lowest BCUT2D eigenvalue weighted by atomic mass is 9.80. The standard InChI is InChI=1S/C16H29BO3S/c1-6-7-8-9-10-13-11-12-21-14(13)17(19)20-16(4,5)15(2,3)18/h11-12,18-19H,6-10H2,1-5H3. The molecule has 0 aliphatic carbocycles. The van der Waals surface area contributed by atoms with Crippen LogP contribution in [0.5, 0.6) is 0 Å². The third-order valence-electron chi connectivity index (χ3n) is 4.18. The Morgan fingerprint density at radius 2 is 1.86 bits per heavy atom. The first-order chi connectivity index (χ1) is 9.69. The lowest BCUT2D eigenvalue weighted by Gasteiger charge is -2.38. The fraction of sp³-hybridized carbons (Fsp3) is 0.750. The predicted octanol–water partition coefficient (Wildman–Crippen LogP) is 3.12. The molecule has 0 saturated heterocycles. The first kappa shape index (κ1) is 18.7. The summed E-state index contributed by atoms with van der Waals surface area (Å²) in [7, 11) is -0.979. The molecule has 1 aromatic heterocycles. The number of rotatable bonds is 9. The van der Waals surface area contributed by atoms with E-state index in [2.05, 4.69) is 13.0 Å². The van der Waals surface area contributed by atoms with Crippen molar-refractivity contribution < 1.29 is 14.8 Å². The molecule has 1 aromatic rings. The molecule has 0 aliphatic rings. The third-order valence-corrected chi connectivity index (χ3v) is 5.17. The largest absolute Gasteiger partial charge is 0.502 e. The Kier molecular flexibility index (Phi) is 6.92. The van der Waals surface area contributed by atoms with Crippen LogP contribution in [0, 0.1) is 0 Å². The average Bonchev–Trinajstić information content (AvgIpc) is 2.81. The van der Waals surface area contributed by atoms with E-state index in [0.29, 0.717) is 0 Å². The summed E-state index contributed by atoms with van der Waals surface area (Å²) in [5, 5.41) is 22.5. The molecule has 120 valence electrons. The number of hydrogen-bond donors (Lipinski definition) is 2. The number of thiophene rings is 1. The molecular weight excluding hydrogens is 283 g/mol. The Morgan fingerprint density at radius 1 is 1.19 bits per heavy atom. The summed E-state index contributed by atoms with van der Waals surface area (Å²) in [6.07, 6.45) is 5.81. The third kappa shape index (κ3) is 5.40. The molecule has 2 N–H and O–H groups in total. The summed E-state index contributed by atoms with van der Waals surface area (Å²) in [5.74, 6) is 0. The van der Waals surface area contributed by atoms with Crippen LogP contribution in [0.15, 0.2) is 11.4 Å². The van der Waals surface area contributed by atoms with E-state index in [-0.39, 0.29) is 0 Å². The van der Waals surface area contributed by atoms with Gasteiger partial charge >= 0.3 is 7.12 Å². The highest BCUT2D eigenvalue weighted by Crippen LogP contribution is 2.26. The summed E-state index contributed by atoms with van der Waals surface area (Å²) < 4.78 is 6.60. The van der Waals surface area contributed by atoms with Crippen molar-refractivity contribution in [1.82, 2.24) is 0 Å². The van der Waals surface area contributed by atoms with Crippen LogP contribution < -0.4 is 4.78 Å². The lowest BCUT2D eigenvalue weighted by Crippen LogP contribution is -2.53. The quantitative estimate of drug-likeness (QED) is 0.544. The fourth-order valence-electron chi connectivity index (χ4n) is 1.99. The van der Waals surface area contributed by atoms with Gasteiger partial charge in [-0.25, -0.2) is 0 Å². The number of unbranched alkanes of at least 4 members (excludes halogenated alkanes) is 3. The van der Waals surface area contributed by atoms with E-state index in [0.717, 1.165) is 23.2 Å². The van der Waals surface area contributed by atoms with Crippen LogP contribution in [0.25, 0.3) is 0 Å². The first-order valence-corrected chi connectivity index (χ1v) is 8.71. The molecule has 0 fully saturated rings. The highest BCUT2D eigenvalue weighted by atomic mass is 32.1. The second kappa shape index (κ2) is 7.77. The lowest BCUT2D eigenvalue weighted by molar-refractivity contribution is -0.0982. The van der Waals surface area contributed by atoms with Crippen molar-refractivity contribution in [3.05, 3.63) is 17.0 Å². The molecule has 0 spiro atoms. The van der Waals surface area contributed by atoms with Crippen molar-refractivity contribution in [2.24, 2.45) is 0 Å². The summed E-state index contributed by atoms with van der Waals surface area (Å²) in [6.45, 7) is 9.18. The van der Waals surface area contributed by atoms with Crippen molar-refractivity contribution >= 4 is 23.2 Å². The number of aryl methyl sites for hydroxylation is 1. The zero-order valence-corrected chi connectivity index (χ0v) is 14.8. The molecule has 0 bridgehead atoms. The van der Waals surface area contributed by atoms with E-state index >= 15 is 0 Å². The van der Waals surface area contributed by atoms with Gasteiger partial charge in [-0.15, -0.1) is 0 Å². The maximum atomic E-state index is 10.4. The summed E-state index contributed by atoms with van der Waals surface area (Å²) in [4.78, 5) is 0. The molecular formula is C16H29BO3S. The van der Waals surface area contributed by atoms with Crippen LogP contribution >= 0.6 is 11.3 Å². The molecule has 3 nitrogen and oxygen atoms in total. The van der Waals surface area contributed by atoms with Crippen LogP contribution in [0.3, 0.4) is 0 Å². The van der Waals surface area contributed by atoms with E-state index in [9.17, 15) is 10.1 Å². The normalized spacial score (nSPS) is 12.7. The second-order valence-corrected chi connectivity index (χ2v) is 7.61. The van der Waals surface area contributed by atoms with Gasteiger partial charge in [-0.2, -0.15) is 11.3 Å². The predicted molar refractivity (Wildman–Crippen MR) is 91.2 cm³/mol. The van der Waals surface area contributed by atoms with Crippen molar-refractivity contribution in [1.29, 1.82) is 0 Å². The van der Waals surface area contributed by atoms with Crippen LogP contribution in [0.2, 0.25) is 0 Å². The second-order valence-electron chi connectivity index (χ2n) is 6.66. The average molecular weight is 312 g/mol. The number of aliphatic hydroxyl groups is 1. The van der Waals surface area contributed by atoms with Gasteiger partial charge in [-0.3, -0.25) is 0 Å². The van der Waals surface area contributed by atoms with Gasteiger partial charge in [0.15, 0.2) is 0 Å². The molecule has 0 radical (unpaired) electrons. The first-order valence-electron chi connectivity index (χ1n) is 7.83. The summed E-state index contributed by atoms with van der Waals surface area (Å²) in [5.41, 5.74) is -0.683.